The lowest BCUT2D eigenvalue weighted by Crippen LogP contribution is -2.07. The number of carbonyl (C=O) groups excluding carboxylic acids is 1. The van der Waals surface area contributed by atoms with Gasteiger partial charge in [0.25, 0.3) is 0 Å². The number of ether oxygens (including phenoxy) is 2. The molecule has 25 heavy (non-hydrogen) atoms. The molecule has 0 unspecified atom stereocenters. The second-order valence-corrected chi connectivity index (χ2v) is 6.61. The maximum atomic E-state index is 12.1. The van der Waals surface area contributed by atoms with Crippen LogP contribution in [0.5, 0.6) is 5.75 Å². The number of anilines is 1. The van der Waals surface area contributed by atoms with Crippen molar-refractivity contribution < 1.29 is 14.3 Å². The summed E-state index contributed by atoms with van der Waals surface area (Å²) in [5.74, 6) is 0.847. The number of pyridine rings is 1. The Hall–Kier alpha value is -2.60. The van der Waals surface area contributed by atoms with Crippen molar-refractivity contribution >= 4 is 33.2 Å². The van der Waals surface area contributed by atoms with Crippen LogP contribution >= 0.6 is 11.3 Å². The number of carbonyl (C=O) groups is 1. The Kier molecular flexibility index (Phi) is 4.90. The Balaban J connectivity index is 1.94. The molecule has 2 heterocycles. The summed E-state index contributed by atoms with van der Waals surface area (Å²) in [6.45, 7) is 6.54. The van der Waals surface area contributed by atoms with Crippen LogP contribution in [0.4, 0.5) is 5.82 Å². The van der Waals surface area contributed by atoms with Crippen molar-refractivity contribution in [3.05, 3.63) is 52.0 Å². The van der Waals surface area contributed by atoms with E-state index in [-0.39, 0.29) is 5.97 Å². The Bertz CT molecular complexity index is 934. The first-order valence-electron chi connectivity index (χ1n) is 8.03. The highest BCUT2D eigenvalue weighted by molar-refractivity contribution is 7.17. The first kappa shape index (κ1) is 17.2. The number of rotatable bonds is 5. The van der Waals surface area contributed by atoms with Crippen molar-refractivity contribution in [1.29, 1.82) is 0 Å². The molecule has 2 N–H and O–H groups in total. The van der Waals surface area contributed by atoms with E-state index in [0.717, 1.165) is 27.0 Å². The number of aryl methyl sites for hydroxylation is 1. The van der Waals surface area contributed by atoms with Crippen LogP contribution in [0.2, 0.25) is 0 Å². The molecule has 1 aromatic carbocycles. The van der Waals surface area contributed by atoms with Crippen LogP contribution in [0.3, 0.4) is 0 Å². The first-order chi connectivity index (χ1) is 12.0. The predicted octanol–water partition coefficient (Wildman–Crippen LogP) is 4.25. The van der Waals surface area contributed by atoms with Crippen molar-refractivity contribution in [3.63, 3.8) is 0 Å². The maximum Gasteiger partial charge on any atom is 0.341 e. The minimum absolute atomic E-state index is 0.318. The van der Waals surface area contributed by atoms with E-state index in [9.17, 15) is 4.79 Å². The number of thiophene rings is 1. The lowest BCUT2D eigenvalue weighted by molar-refractivity contribution is 0.0528. The fourth-order valence-electron chi connectivity index (χ4n) is 2.63. The number of fused-ring (bicyclic) bond motifs is 1. The van der Waals surface area contributed by atoms with E-state index < -0.39 is 0 Å². The molecule has 0 saturated heterocycles. The van der Waals surface area contributed by atoms with Gasteiger partial charge in [-0.15, -0.1) is 11.3 Å². The summed E-state index contributed by atoms with van der Waals surface area (Å²) in [6, 6.07) is 5.97. The second-order valence-electron chi connectivity index (χ2n) is 5.73. The molecule has 6 heteroatoms. The molecule has 0 saturated carbocycles. The molecule has 0 radical (unpaired) electrons. The number of nitrogens with two attached hydrogens (primary N) is 1. The molecule has 0 aliphatic carbocycles. The van der Waals surface area contributed by atoms with E-state index in [2.05, 4.69) is 18.0 Å². The summed E-state index contributed by atoms with van der Waals surface area (Å²) in [7, 11) is 0. The summed E-state index contributed by atoms with van der Waals surface area (Å²) < 4.78 is 11.9. The molecule has 0 bridgehead atoms. The number of aromatic nitrogens is 1. The van der Waals surface area contributed by atoms with Gasteiger partial charge >= 0.3 is 5.97 Å². The average Bonchev–Trinajstić information content (AvgIpc) is 3.01. The summed E-state index contributed by atoms with van der Waals surface area (Å²) in [6.07, 6.45) is 1.47. The van der Waals surface area contributed by atoms with Crippen LogP contribution in [-0.2, 0) is 11.3 Å². The molecular formula is C19H20N2O3S. The fraction of sp³-hybridized carbons (Fsp3) is 0.263. The van der Waals surface area contributed by atoms with Gasteiger partial charge in [0, 0.05) is 17.1 Å². The maximum absolute atomic E-state index is 12.1. The average molecular weight is 356 g/mol. The molecule has 0 aliphatic rings. The lowest BCUT2D eigenvalue weighted by atomic mass is 10.1. The molecule has 0 fully saturated rings. The zero-order valence-corrected chi connectivity index (χ0v) is 15.3. The summed E-state index contributed by atoms with van der Waals surface area (Å²) in [5.41, 5.74) is 9.70. The number of benzene rings is 1. The van der Waals surface area contributed by atoms with E-state index in [1.54, 1.807) is 6.92 Å². The van der Waals surface area contributed by atoms with Crippen LogP contribution in [-0.4, -0.2) is 17.6 Å². The van der Waals surface area contributed by atoms with Gasteiger partial charge in [-0.2, -0.15) is 0 Å². The lowest BCUT2D eigenvalue weighted by Gasteiger charge is -2.11. The van der Waals surface area contributed by atoms with Gasteiger partial charge in [0.05, 0.1) is 16.9 Å². The molecule has 0 atom stereocenters. The van der Waals surface area contributed by atoms with E-state index in [1.807, 2.05) is 24.4 Å². The monoisotopic (exact) mass is 356 g/mol. The van der Waals surface area contributed by atoms with Gasteiger partial charge in [-0.1, -0.05) is 12.1 Å². The summed E-state index contributed by atoms with van der Waals surface area (Å²) >= 11 is 1.45. The SMILES string of the molecule is CCOC(=O)c1cnc(N)c2c(COc3cccc(C)c3C)csc12. The third-order valence-electron chi connectivity index (χ3n) is 4.13. The van der Waals surface area contributed by atoms with Crippen LogP contribution in [0.1, 0.15) is 34.0 Å². The van der Waals surface area contributed by atoms with Gasteiger partial charge in [-0.25, -0.2) is 9.78 Å². The van der Waals surface area contributed by atoms with Crippen molar-refractivity contribution in [3.8, 4) is 5.75 Å². The van der Waals surface area contributed by atoms with Gasteiger partial charge in [0.15, 0.2) is 0 Å². The number of nitrogens with zero attached hydrogens (tertiary/aromatic N) is 1. The van der Waals surface area contributed by atoms with Crippen LogP contribution in [0, 0.1) is 13.8 Å². The van der Waals surface area contributed by atoms with Gasteiger partial charge in [0.2, 0.25) is 0 Å². The number of esters is 1. The Morgan fingerprint density at radius 3 is 2.88 bits per heavy atom. The number of hydrogen-bond donors (Lipinski definition) is 1. The topological polar surface area (TPSA) is 74.4 Å². The Morgan fingerprint density at radius 1 is 1.32 bits per heavy atom. The van der Waals surface area contributed by atoms with E-state index in [1.165, 1.54) is 23.1 Å². The Labute approximate surface area is 150 Å². The number of nitrogen functional groups attached to an aromatic ring is 1. The third kappa shape index (κ3) is 3.30. The smallest absolute Gasteiger partial charge is 0.341 e. The van der Waals surface area contributed by atoms with Crippen LogP contribution in [0.25, 0.3) is 10.1 Å². The van der Waals surface area contributed by atoms with Crippen LogP contribution in [0.15, 0.2) is 29.8 Å². The van der Waals surface area contributed by atoms with Crippen LogP contribution < -0.4 is 10.5 Å². The standard InChI is InChI=1S/C19H20N2O3S/c1-4-23-19(22)14-8-21-18(20)16-13(10-25-17(14)16)9-24-15-7-5-6-11(2)12(15)3/h5-8,10H,4,9H2,1-3H3,(H2,20,21). The van der Waals surface area contributed by atoms with Crippen molar-refractivity contribution in [2.75, 3.05) is 12.3 Å². The fourth-order valence-corrected chi connectivity index (χ4v) is 3.69. The molecule has 0 aliphatic heterocycles. The van der Waals surface area contributed by atoms with Crippen molar-refractivity contribution in [2.24, 2.45) is 0 Å². The van der Waals surface area contributed by atoms with Gasteiger partial charge < -0.3 is 15.2 Å². The molecule has 3 aromatic rings. The Morgan fingerprint density at radius 2 is 2.12 bits per heavy atom. The first-order valence-corrected chi connectivity index (χ1v) is 8.91. The summed E-state index contributed by atoms with van der Waals surface area (Å²) in [4.78, 5) is 16.3. The van der Waals surface area contributed by atoms with E-state index in [0.29, 0.717) is 24.6 Å². The molecule has 5 nitrogen and oxygen atoms in total. The van der Waals surface area contributed by atoms with Gasteiger partial charge in [-0.3, -0.25) is 0 Å². The van der Waals surface area contributed by atoms with E-state index >= 15 is 0 Å². The normalized spacial score (nSPS) is 10.8. The molecular weight excluding hydrogens is 336 g/mol. The molecule has 0 amide bonds. The molecule has 130 valence electrons. The highest BCUT2D eigenvalue weighted by atomic mass is 32.1. The van der Waals surface area contributed by atoms with Crippen molar-refractivity contribution in [1.82, 2.24) is 4.98 Å². The zero-order valence-electron chi connectivity index (χ0n) is 14.5. The van der Waals surface area contributed by atoms with E-state index in [4.69, 9.17) is 15.2 Å². The van der Waals surface area contributed by atoms with Gasteiger partial charge in [0.1, 0.15) is 18.2 Å². The zero-order chi connectivity index (χ0) is 18.0. The molecule has 2 aromatic heterocycles. The highest BCUT2D eigenvalue weighted by Gasteiger charge is 2.18. The third-order valence-corrected chi connectivity index (χ3v) is 5.20. The number of hydrogen-bond acceptors (Lipinski definition) is 6. The summed E-state index contributed by atoms with van der Waals surface area (Å²) in [5, 5.41) is 2.72. The second kappa shape index (κ2) is 7.11. The predicted molar refractivity (Wildman–Crippen MR) is 100 cm³/mol. The quantitative estimate of drug-likeness (QED) is 0.692. The minimum Gasteiger partial charge on any atom is -0.489 e. The molecule has 0 spiro atoms. The minimum atomic E-state index is -0.385. The highest BCUT2D eigenvalue weighted by Crippen LogP contribution is 2.33. The van der Waals surface area contributed by atoms with Crippen molar-refractivity contribution in [2.45, 2.75) is 27.4 Å². The largest absolute Gasteiger partial charge is 0.489 e. The van der Waals surface area contributed by atoms with Gasteiger partial charge in [-0.05, 0) is 43.3 Å². The molecule has 3 rings (SSSR count).